The second-order valence-electron chi connectivity index (χ2n) is 7.64. The summed E-state index contributed by atoms with van der Waals surface area (Å²) in [5.41, 5.74) is 3.45. The number of anilines is 1. The van der Waals surface area contributed by atoms with Gasteiger partial charge >= 0.3 is 6.03 Å². The van der Waals surface area contributed by atoms with Gasteiger partial charge in [-0.25, -0.2) is 4.79 Å². The highest BCUT2D eigenvalue weighted by molar-refractivity contribution is 5.90. The number of carbonyl (C=O) groups excluding carboxylic acids is 2. The zero-order valence-electron chi connectivity index (χ0n) is 16.7. The monoisotopic (exact) mass is 371 g/mol. The average Bonchev–Trinajstić information content (AvgIpc) is 3.09. The molecule has 146 valence electrons. The molecule has 0 saturated carbocycles. The number of aromatic amines is 1. The molecular formula is C20H29N5O2. The lowest BCUT2D eigenvalue weighted by Crippen LogP contribution is -2.31. The van der Waals surface area contributed by atoms with Crippen molar-refractivity contribution in [2.75, 3.05) is 19.4 Å². The third-order valence-electron chi connectivity index (χ3n) is 4.31. The van der Waals surface area contributed by atoms with Gasteiger partial charge in [0.25, 0.3) is 0 Å². The standard InChI is InChI=1S/C20H29N5O2/c1-20(2,3)17-12-15(23-24-17)13-25(5)19(27)22-16-9-7-6-8-14(16)10-11-18(26)21-4/h6-9,12H,10-11,13H2,1-5H3,(H,21,26)(H,22,27)(H,23,24). The highest BCUT2D eigenvalue weighted by atomic mass is 16.2. The van der Waals surface area contributed by atoms with Gasteiger partial charge in [-0.1, -0.05) is 39.0 Å². The molecule has 0 spiro atoms. The first-order chi connectivity index (χ1) is 12.7. The van der Waals surface area contributed by atoms with E-state index in [0.29, 0.717) is 19.4 Å². The number of carbonyl (C=O) groups is 2. The fourth-order valence-electron chi connectivity index (χ4n) is 2.60. The van der Waals surface area contributed by atoms with E-state index in [9.17, 15) is 9.59 Å². The number of nitrogens with one attached hydrogen (secondary N) is 3. The highest BCUT2D eigenvalue weighted by Crippen LogP contribution is 2.21. The summed E-state index contributed by atoms with van der Waals surface area (Å²) in [6.45, 7) is 6.71. The van der Waals surface area contributed by atoms with Gasteiger partial charge in [-0.3, -0.25) is 9.89 Å². The highest BCUT2D eigenvalue weighted by Gasteiger charge is 2.19. The molecule has 2 rings (SSSR count). The van der Waals surface area contributed by atoms with Crippen molar-refractivity contribution in [2.45, 2.75) is 45.6 Å². The van der Waals surface area contributed by atoms with Gasteiger partial charge in [-0.2, -0.15) is 5.10 Å². The van der Waals surface area contributed by atoms with Crippen molar-refractivity contribution < 1.29 is 9.59 Å². The van der Waals surface area contributed by atoms with E-state index in [1.807, 2.05) is 30.3 Å². The topological polar surface area (TPSA) is 90.1 Å². The summed E-state index contributed by atoms with van der Waals surface area (Å²) in [6, 6.07) is 9.30. The van der Waals surface area contributed by atoms with E-state index in [4.69, 9.17) is 0 Å². The van der Waals surface area contributed by atoms with Crippen molar-refractivity contribution in [2.24, 2.45) is 0 Å². The number of para-hydroxylation sites is 1. The quantitative estimate of drug-likeness (QED) is 0.729. The summed E-state index contributed by atoms with van der Waals surface area (Å²) < 4.78 is 0. The minimum Gasteiger partial charge on any atom is -0.359 e. The summed E-state index contributed by atoms with van der Waals surface area (Å²) >= 11 is 0. The lowest BCUT2D eigenvalue weighted by Gasteiger charge is -2.19. The zero-order valence-corrected chi connectivity index (χ0v) is 16.7. The lowest BCUT2D eigenvalue weighted by molar-refractivity contribution is -0.120. The minimum absolute atomic E-state index is 0.0258. The molecule has 1 aromatic carbocycles. The van der Waals surface area contributed by atoms with Crippen LogP contribution in [0.1, 0.15) is 44.1 Å². The van der Waals surface area contributed by atoms with Gasteiger partial charge in [-0.15, -0.1) is 0 Å². The van der Waals surface area contributed by atoms with Crippen LogP contribution in [0.25, 0.3) is 0 Å². The summed E-state index contributed by atoms with van der Waals surface area (Å²) in [5, 5.41) is 12.9. The molecule has 0 aliphatic heterocycles. The van der Waals surface area contributed by atoms with Crippen molar-refractivity contribution in [1.82, 2.24) is 20.4 Å². The molecule has 7 nitrogen and oxygen atoms in total. The van der Waals surface area contributed by atoms with Crippen LogP contribution in [0.3, 0.4) is 0 Å². The van der Waals surface area contributed by atoms with Crippen LogP contribution in [-0.2, 0) is 23.2 Å². The van der Waals surface area contributed by atoms with E-state index < -0.39 is 0 Å². The molecule has 3 amide bonds. The zero-order chi connectivity index (χ0) is 20.0. The Labute approximate surface area is 160 Å². The van der Waals surface area contributed by atoms with Crippen molar-refractivity contribution in [3.8, 4) is 0 Å². The van der Waals surface area contributed by atoms with Crippen LogP contribution in [0.15, 0.2) is 30.3 Å². The van der Waals surface area contributed by atoms with E-state index >= 15 is 0 Å². The minimum atomic E-state index is -0.214. The van der Waals surface area contributed by atoms with Gasteiger partial charge in [0, 0.05) is 31.6 Å². The number of hydrogen-bond acceptors (Lipinski definition) is 3. The Hall–Kier alpha value is -2.83. The number of amides is 3. The van der Waals surface area contributed by atoms with E-state index in [1.54, 1.807) is 19.0 Å². The molecule has 0 aliphatic rings. The molecule has 0 saturated heterocycles. The van der Waals surface area contributed by atoms with Crippen LogP contribution < -0.4 is 10.6 Å². The Morgan fingerprint density at radius 1 is 1.22 bits per heavy atom. The third-order valence-corrected chi connectivity index (χ3v) is 4.31. The molecule has 7 heteroatoms. The van der Waals surface area contributed by atoms with Crippen molar-refractivity contribution in [3.05, 3.63) is 47.3 Å². The molecule has 1 heterocycles. The second kappa shape index (κ2) is 8.70. The molecule has 0 radical (unpaired) electrons. The number of hydrogen-bond donors (Lipinski definition) is 3. The SMILES string of the molecule is CNC(=O)CCc1ccccc1NC(=O)N(C)Cc1cc(C(C)(C)C)n[nH]1. The fraction of sp³-hybridized carbons (Fsp3) is 0.450. The van der Waals surface area contributed by atoms with Crippen molar-refractivity contribution in [3.63, 3.8) is 0 Å². The van der Waals surface area contributed by atoms with Gasteiger partial charge < -0.3 is 15.5 Å². The van der Waals surface area contributed by atoms with Gasteiger partial charge in [0.1, 0.15) is 0 Å². The van der Waals surface area contributed by atoms with E-state index in [0.717, 1.165) is 22.6 Å². The van der Waals surface area contributed by atoms with Crippen LogP contribution in [-0.4, -0.2) is 41.1 Å². The first kappa shape index (κ1) is 20.5. The molecule has 1 aromatic heterocycles. The normalized spacial score (nSPS) is 11.1. The fourth-order valence-corrected chi connectivity index (χ4v) is 2.60. The Balaban J connectivity index is 2.00. The molecular weight excluding hydrogens is 342 g/mol. The van der Waals surface area contributed by atoms with E-state index in [1.165, 1.54) is 0 Å². The molecule has 0 aliphatic carbocycles. The maximum absolute atomic E-state index is 12.6. The number of aromatic nitrogens is 2. The van der Waals surface area contributed by atoms with Crippen molar-refractivity contribution >= 4 is 17.6 Å². The summed E-state index contributed by atoms with van der Waals surface area (Å²) in [6.07, 6.45) is 0.943. The Bertz CT molecular complexity index is 792. The number of benzene rings is 1. The number of urea groups is 1. The predicted molar refractivity (Wildman–Crippen MR) is 107 cm³/mol. The van der Waals surface area contributed by atoms with Gasteiger partial charge in [0.15, 0.2) is 0 Å². The molecule has 0 fully saturated rings. The van der Waals surface area contributed by atoms with E-state index in [2.05, 4.69) is 41.6 Å². The van der Waals surface area contributed by atoms with Crippen LogP contribution in [0.2, 0.25) is 0 Å². The van der Waals surface area contributed by atoms with Crippen LogP contribution >= 0.6 is 0 Å². The molecule has 3 N–H and O–H groups in total. The van der Waals surface area contributed by atoms with Gasteiger partial charge in [0.05, 0.1) is 17.9 Å². The number of nitrogens with zero attached hydrogens (tertiary/aromatic N) is 2. The Morgan fingerprint density at radius 2 is 1.93 bits per heavy atom. The smallest absolute Gasteiger partial charge is 0.321 e. The van der Waals surface area contributed by atoms with Crippen LogP contribution in [0, 0.1) is 0 Å². The summed E-state index contributed by atoms with van der Waals surface area (Å²) in [7, 11) is 3.35. The average molecular weight is 371 g/mol. The first-order valence-electron chi connectivity index (χ1n) is 9.06. The maximum Gasteiger partial charge on any atom is 0.321 e. The summed E-state index contributed by atoms with van der Waals surface area (Å²) in [4.78, 5) is 25.6. The number of aryl methyl sites for hydroxylation is 1. The Kier molecular flexibility index (Phi) is 6.60. The number of H-pyrrole nitrogens is 1. The Morgan fingerprint density at radius 3 is 2.56 bits per heavy atom. The first-order valence-corrected chi connectivity index (χ1v) is 9.06. The summed E-state index contributed by atoms with van der Waals surface area (Å²) in [5.74, 6) is -0.0258. The van der Waals surface area contributed by atoms with Crippen LogP contribution in [0.4, 0.5) is 10.5 Å². The third kappa shape index (κ3) is 5.84. The lowest BCUT2D eigenvalue weighted by atomic mass is 9.92. The molecule has 0 atom stereocenters. The van der Waals surface area contributed by atoms with E-state index in [-0.39, 0.29) is 17.4 Å². The second-order valence-corrected chi connectivity index (χ2v) is 7.64. The van der Waals surface area contributed by atoms with Crippen molar-refractivity contribution in [1.29, 1.82) is 0 Å². The number of rotatable bonds is 6. The maximum atomic E-state index is 12.6. The van der Waals surface area contributed by atoms with Crippen LogP contribution in [0.5, 0.6) is 0 Å². The molecule has 0 bridgehead atoms. The van der Waals surface area contributed by atoms with Gasteiger partial charge in [-0.05, 0) is 24.1 Å². The molecule has 27 heavy (non-hydrogen) atoms. The molecule has 2 aromatic rings. The largest absolute Gasteiger partial charge is 0.359 e. The molecule has 0 unspecified atom stereocenters. The van der Waals surface area contributed by atoms with Gasteiger partial charge in [0.2, 0.25) is 5.91 Å². The predicted octanol–water partition coefficient (Wildman–Crippen LogP) is 3.05.